The van der Waals surface area contributed by atoms with Gasteiger partial charge in [0, 0.05) is 12.1 Å². The lowest BCUT2D eigenvalue weighted by Gasteiger charge is -2.40. The second-order valence-corrected chi connectivity index (χ2v) is 5.53. The van der Waals surface area contributed by atoms with Crippen LogP contribution in [0.3, 0.4) is 0 Å². The molecular weight excluding hydrogens is 386 g/mol. The summed E-state index contributed by atoms with van der Waals surface area (Å²) in [6.45, 7) is 0.833. The second kappa shape index (κ2) is 5.81. The molecule has 2 rings (SSSR count). The first kappa shape index (κ1) is 19.9. The fraction of sp³-hybridized carbons (Fsp3) is 0.583. The molecule has 1 aromatic rings. The van der Waals surface area contributed by atoms with E-state index in [0.717, 1.165) is 6.92 Å². The molecule has 0 saturated carbocycles. The molecule has 1 N–H and O–H groups in total. The van der Waals surface area contributed by atoms with Crippen molar-refractivity contribution in [1.82, 2.24) is 9.78 Å². The highest BCUT2D eigenvalue weighted by Crippen LogP contribution is 2.49. The van der Waals surface area contributed by atoms with E-state index in [4.69, 9.17) is 5.11 Å². The molecule has 1 aromatic heterocycles. The van der Waals surface area contributed by atoms with Crippen molar-refractivity contribution in [3.05, 3.63) is 11.8 Å². The van der Waals surface area contributed by atoms with Crippen LogP contribution in [0.25, 0.3) is 0 Å². The van der Waals surface area contributed by atoms with Gasteiger partial charge in [0.25, 0.3) is 0 Å². The summed E-state index contributed by atoms with van der Waals surface area (Å²) in [7, 11) is 0. The van der Waals surface area contributed by atoms with Gasteiger partial charge < -0.3 is 5.11 Å². The van der Waals surface area contributed by atoms with E-state index >= 15 is 0 Å². The summed E-state index contributed by atoms with van der Waals surface area (Å²) in [5.74, 6) is -11.0. The number of aromatic carboxylic acids is 1. The fourth-order valence-electron chi connectivity index (χ4n) is 2.58. The zero-order valence-electron chi connectivity index (χ0n) is 12.6. The Morgan fingerprint density at radius 1 is 1.15 bits per heavy atom. The molecule has 0 fully saturated rings. The standard InChI is InChI=1S/C12H9F8N3O3/c1-4-2-6(10(13,14)12(18,19)20)23-7(3-5(21-23)8(24)25)22(4)9(26)11(15,16)17/h3-4,6H,2H2,1H3,(H,24,25). The minimum absolute atomic E-state index is 0.0948. The predicted molar refractivity (Wildman–Crippen MR) is 66.8 cm³/mol. The molecule has 2 atom stereocenters. The van der Waals surface area contributed by atoms with Crippen molar-refractivity contribution in [3.63, 3.8) is 0 Å². The van der Waals surface area contributed by atoms with Crippen LogP contribution < -0.4 is 4.90 Å². The van der Waals surface area contributed by atoms with E-state index in [1.54, 1.807) is 0 Å². The lowest BCUT2D eigenvalue weighted by atomic mass is 9.97. The van der Waals surface area contributed by atoms with Gasteiger partial charge in [-0.1, -0.05) is 0 Å². The summed E-state index contributed by atoms with van der Waals surface area (Å²) < 4.78 is 104. The number of rotatable bonds is 2. The van der Waals surface area contributed by atoms with E-state index in [0.29, 0.717) is 6.07 Å². The summed E-state index contributed by atoms with van der Waals surface area (Å²) in [4.78, 5) is 22.3. The van der Waals surface area contributed by atoms with Gasteiger partial charge in [-0.3, -0.25) is 9.69 Å². The van der Waals surface area contributed by atoms with Crippen LogP contribution in [-0.2, 0) is 4.79 Å². The number of carbonyl (C=O) groups is 2. The third-order valence-electron chi connectivity index (χ3n) is 3.74. The van der Waals surface area contributed by atoms with Gasteiger partial charge in [0.2, 0.25) is 0 Å². The number of carboxylic acid groups (broad SMARTS) is 1. The Labute approximate surface area is 139 Å². The number of halogens is 8. The highest BCUT2D eigenvalue weighted by atomic mass is 19.4. The van der Waals surface area contributed by atoms with Crippen LogP contribution in [0.2, 0.25) is 0 Å². The first-order valence-corrected chi connectivity index (χ1v) is 6.76. The van der Waals surface area contributed by atoms with E-state index in [2.05, 4.69) is 5.10 Å². The predicted octanol–water partition coefficient (Wildman–Crippen LogP) is 3.01. The van der Waals surface area contributed by atoms with Crippen LogP contribution in [0.5, 0.6) is 0 Å². The van der Waals surface area contributed by atoms with E-state index in [-0.39, 0.29) is 9.58 Å². The Balaban J connectivity index is 2.67. The molecule has 0 aliphatic carbocycles. The first-order valence-electron chi connectivity index (χ1n) is 6.76. The Morgan fingerprint density at radius 3 is 2.12 bits per heavy atom. The maximum atomic E-state index is 13.8. The number of nitrogens with zero attached hydrogens (tertiary/aromatic N) is 3. The summed E-state index contributed by atoms with van der Waals surface area (Å²) in [5.41, 5.74) is -1.09. The molecule has 1 amide bonds. The Bertz CT molecular complexity index is 739. The van der Waals surface area contributed by atoms with Crippen molar-refractivity contribution in [2.24, 2.45) is 0 Å². The molecule has 1 aliphatic heterocycles. The first-order chi connectivity index (χ1) is 11.6. The average Bonchev–Trinajstić information content (AvgIpc) is 2.88. The Morgan fingerprint density at radius 2 is 1.69 bits per heavy atom. The minimum Gasteiger partial charge on any atom is -0.476 e. The second-order valence-electron chi connectivity index (χ2n) is 5.53. The zero-order valence-corrected chi connectivity index (χ0v) is 12.6. The average molecular weight is 395 g/mol. The Hall–Kier alpha value is -2.41. The number of hydrogen-bond acceptors (Lipinski definition) is 3. The number of hydrogen-bond donors (Lipinski definition) is 1. The molecular formula is C12H9F8N3O3. The van der Waals surface area contributed by atoms with E-state index in [1.807, 2.05) is 0 Å². The van der Waals surface area contributed by atoms with Gasteiger partial charge in [-0.15, -0.1) is 0 Å². The molecule has 0 aromatic carbocycles. The lowest BCUT2D eigenvalue weighted by Crippen LogP contribution is -2.55. The molecule has 146 valence electrons. The highest BCUT2D eigenvalue weighted by molar-refractivity contribution is 5.98. The van der Waals surface area contributed by atoms with E-state index in [9.17, 15) is 44.7 Å². The summed E-state index contributed by atoms with van der Waals surface area (Å²) in [6.07, 6.45) is -12.8. The van der Waals surface area contributed by atoms with Crippen LogP contribution in [0, 0.1) is 0 Å². The van der Waals surface area contributed by atoms with Gasteiger partial charge in [0.15, 0.2) is 5.69 Å². The molecule has 1 aliphatic rings. The van der Waals surface area contributed by atoms with Crippen molar-refractivity contribution < 1.29 is 49.8 Å². The number of alkyl halides is 8. The van der Waals surface area contributed by atoms with Gasteiger partial charge in [-0.25, -0.2) is 9.48 Å². The molecule has 2 heterocycles. The van der Waals surface area contributed by atoms with Crippen LogP contribution in [0.1, 0.15) is 29.9 Å². The quantitative estimate of drug-likeness (QED) is 0.782. The maximum Gasteiger partial charge on any atom is 0.471 e. The number of fused-ring (bicyclic) bond motifs is 1. The number of aromatic nitrogens is 2. The summed E-state index contributed by atoms with van der Waals surface area (Å²) in [6, 6.07) is -4.22. The van der Waals surface area contributed by atoms with Gasteiger partial charge in [-0.2, -0.15) is 40.2 Å². The number of amides is 1. The zero-order chi connectivity index (χ0) is 20.2. The van der Waals surface area contributed by atoms with Crippen molar-refractivity contribution in [2.75, 3.05) is 4.90 Å². The van der Waals surface area contributed by atoms with Gasteiger partial charge in [0.1, 0.15) is 11.9 Å². The largest absolute Gasteiger partial charge is 0.476 e. The van der Waals surface area contributed by atoms with Crippen molar-refractivity contribution >= 4 is 17.7 Å². The fourth-order valence-corrected chi connectivity index (χ4v) is 2.58. The number of carboxylic acids is 1. The third-order valence-corrected chi connectivity index (χ3v) is 3.74. The van der Waals surface area contributed by atoms with Crippen molar-refractivity contribution in [1.29, 1.82) is 0 Å². The van der Waals surface area contributed by atoms with Crippen LogP contribution in [0.15, 0.2) is 6.07 Å². The SMILES string of the molecule is CC1CC(C(F)(F)C(F)(F)F)n2nc(C(=O)O)cc2N1C(=O)C(F)(F)F. The molecule has 0 saturated heterocycles. The van der Waals surface area contributed by atoms with Crippen molar-refractivity contribution in [2.45, 2.75) is 43.7 Å². The lowest BCUT2D eigenvalue weighted by molar-refractivity contribution is -0.301. The Kier molecular flexibility index (Phi) is 4.45. The monoisotopic (exact) mass is 395 g/mol. The maximum absolute atomic E-state index is 13.8. The van der Waals surface area contributed by atoms with Gasteiger partial charge >= 0.3 is 30.2 Å². The number of anilines is 1. The highest BCUT2D eigenvalue weighted by Gasteiger charge is 2.65. The molecule has 0 spiro atoms. The van der Waals surface area contributed by atoms with Crippen molar-refractivity contribution in [3.8, 4) is 0 Å². The molecule has 14 heteroatoms. The minimum atomic E-state index is -6.07. The van der Waals surface area contributed by atoms with Crippen LogP contribution in [0.4, 0.5) is 40.9 Å². The van der Waals surface area contributed by atoms with Gasteiger partial charge in [-0.05, 0) is 13.3 Å². The molecule has 2 unspecified atom stereocenters. The van der Waals surface area contributed by atoms with Gasteiger partial charge in [0.05, 0.1) is 0 Å². The normalized spacial score (nSPS) is 21.5. The summed E-state index contributed by atoms with van der Waals surface area (Å²) in [5, 5.41) is 11.9. The molecule has 0 bridgehead atoms. The van der Waals surface area contributed by atoms with E-state index < -0.39 is 60.2 Å². The smallest absolute Gasteiger partial charge is 0.471 e. The molecule has 0 radical (unpaired) electrons. The third kappa shape index (κ3) is 3.07. The van der Waals surface area contributed by atoms with Crippen LogP contribution >= 0.6 is 0 Å². The number of carbonyl (C=O) groups excluding carboxylic acids is 1. The van der Waals surface area contributed by atoms with Crippen LogP contribution in [-0.4, -0.2) is 51.1 Å². The summed E-state index contributed by atoms with van der Waals surface area (Å²) >= 11 is 0. The topological polar surface area (TPSA) is 75.4 Å². The van der Waals surface area contributed by atoms with E-state index in [1.165, 1.54) is 0 Å². The molecule has 26 heavy (non-hydrogen) atoms. The molecule has 6 nitrogen and oxygen atoms in total.